The van der Waals surface area contributed by atoms with Crippen molar-refractivity contribution >= 4 is 27.9 Å². The number of halogens is 2. The summed E-state index contributed by atoms with van der Waals surface area (Å²) in [6.45, 7) is 3.27. The summed E-state index contributed by atoms with van der Waals surface area (Å²) in [5.41, 5.74) is 4.46. The highest BCUT2D eigenvalue weighted by atomic mass is 32.2. The molecule has 2 heterocycles. The van der Waals surface area contributed by atoms with Crippen LogP contribution in [0.5, 0.6) is 5.88 Å². The van der Waals surface area contributed by atoms with E-state index in [0.717, 1.165) is 16.4 Å². The predicted octanol–water partition coefficient (Wildman–Crippen LogP) is 2.29. The van der Waals surface area contributed by atoms with Gasteiger partial charge in [0.1, 0.15) is 17.1 Å². The van der Waals surface area contributed by atoms with Gasteiger partial charge in [-0.1, -0.05) is 12.0 Å². The Labute approximate surface area is 184 Å². The van der Waals surface area contributed by atoms with Crippen molar-refractivity contribution in [2.75, 3.05) is 19.4 Å². The number of hydrogen-bond acceptors (Lipinski definition) is 7. The molecule has 0 radical (unpaired) electrons. The van der Waals surface area contributed by atoms with Crippen molar-refractivity contribution in [3.63, 3.8) is 0 Å². The first-order valence-corrected chi connectivity index (χ1v) is 11.0. The van der Waals surface area contributed by atoms with Crippen molar-refractivity contribution in [1.82, 2.24) is 14.3 Å². The number of nitrogens with zero attached hydrogens (tertiary/aromatic N) is 4. The summed E-state index contributed by atoms with van der Waals surface area (Å²) in [6.07, 6.45) is 3.59. The third kappa shape index (κ3) is 4.86. The number of aliphatic imine (C=N–C) groups is 1. The number of guanidine groups is 1. The molecule has 2 N–H and O–H groups in total. The molecule has 32 heavy (non-hydrogen) atoms. The first-order valence-electron chi connectivity index (χ1n) is 9.40. The molecule has 1 aromatic carbocycles. The molecular weight excluding hydrogens is 440 g/mol. The van der Waals surface area contributed by atoms with Gasteiger partial charge in [0.25, 0.3) is 0 Å². The van der Waals surface area contributed by atoms with Crippen LogP contribution >= 0.6 is 0 Å². The second-order valence-electron chi connectivity index (χ2n) is 7.15. The minimum Gasteiger partial charge on any atom is -0.463 e. The Morgan fingerprint density at radius 1 is 1.38 bits per heavy atom. The number of aromatic nitrogens is 2. The summed E-state index contributed by atoms with van der Waals surface area (Å²) in [7, 11) is -2.52. The number of hydrogen-bond donors (Lipinski definition) is 1. The number of sulfonamides is 1. The van der Waals surface area contributed by atoms with E-state index >= 15 is 0 Å². The molecule has 1 atom stereocenters. The minimum absolute atomic E-state index is 0.0226. The molecule has 1 aliphatic rings. The van der Waals surface area contributed by atoms with Gasteiger partial charge in [-0.15, -0.1) is 5.92 Å². The maximum atomic E-state index is 14.7. The fraction of sp³-hybridized carbons (Fsp3) is 0.286. The molecule has 2 aromatic rings. The molecule has 168 valence electrons. The summed E-state index contributed by atoms with van der Waals surface area (Å²) in [4.78, 5) is 12.1. The second-order valence-corrected chi connectivity index (χ2v) is 9.15. The van der Waals surface area contributed by atoms with Gasteiger partial charge >= 0.3 is 0 Å². The molecule has 0 fully saturated rings. The van der Waals surface area contributed by atoms with E-state index in [1.807, 2.05) is 0 Å². The molecule has 0 amide bonds. The number of benzene rings is 1. The van der Waals surface area contributed by atoms with Gasteiger partial charge in [0.15, 0.2) is 12.4 Å². The highest BCUT2D eigenvalue weighted by Crippen LogP contribution is 2.34. The van der Waals surface area contributed by atoms with E-state index < -0.39 is 33.0 Å². The monoisotopic (exact) mass is 461 g/mol. The molecule has 1 aliphatic heterocycles. The lowest BCUT2D eigenvalue weighted by Crippen LogP contribution is -2.50. The fourth-order valence-electron chi connectivity index (χ4n) is 3.05. The Kier molecular flexibility index (Phi) is 6.45. The van der Waals surface area contributed by atoms with Crippen LogP contribution in [0.15, 0.2) is 35.6 Å². The molecule has 0 saturated heterocycles. The first-order chi connectivity index (χ1) is 15.1. The molecule has 0 spiro atoms. The lowest BCUT2D eigenvalue weighted by Gasteiger charge is -2.34. The van der Waals surface area contributed by atoms with E-state index in [2.05, 4.69) is 26.8 Å². The number of ether oxygens (including phenoxy) is 1. The molecule has 0 aliphatic carbocycles. The maximum Gasteiger partial charge on any atom is 0.239 e. The topological polar surface area (TPSA) is 111 Å². The van der Waals surface area contributed by atoms with Gasteiger partial charge in [0.2, 0.25) is 21.9 Å². The summed E-state index contributed by atoms with van der Waals surface area (Å²) >= 11 is 0. The zero-order valence-electron chi connectivity index (χ0n) is 17.6. The fourth-order valence-corrected chi connectivity index (χ4v) is 4.50. The first kappa shape index (κ1) is 23.1. The van der Waals surface area contributed by atoms with Gasteiger partial charge in [-0.05, 0) is 37.6 Å². The number of nitrogens with two attached hydrogens (primary N) is 1. The standard InChI is InChI=1S/C21H21F2N5O3S/c1-4-5-8-31-19-12-25-18(11-26-19)17(23)10-14-6-7-16(22)15(9-14)21(2)13-32(29,30)28(3)20(24)27-21/h6-7,9-12H,8,13H2,1-3H3,(H2,24,27). The summed E-state index contributed by atoms with van der Waals surface area (Å²) < 4.78 is 60.2. The third-order valence-corrected chi connectivity index (χ3v) is 6.72. The third-order valence-electron chi connectivity index (χ3n) is 4.77. The van der Waals surface area contributed by atoms with E-state index in [1.54, 1.807) is 6.92 Å². The van der Waals surface area contributed by atoms with Crippen LogP contribution in [0.4, 0.5) is 8.78 Å². The van der Waals surface area contributed by atoms with Crippen LogP contribution in [0.2, 0.25) is 0 Å². The normalized spacial score (nSPS) is 20.2. The van der Waals surface area contributed by atoms with E-state index in [9.17, 15) is 17.2 Å². The van der Waals surface area contributed by atoms with E-state index in [0.29, 0.717) is 0 Å². The number of rotatable bonds is 5. The van der Waals surface area contributed by atoms with E-state index in [1.165, 1.54) is 38.5 Å². The average molecular weight is 461 g/mol. The van der Waals surface area contributed by atoms with E-state index in [4.69, 9.17) is 10.5 Å². The van der Waals surface area contributed by atoms with Crippen LogP contribution in [0.1, 0.15) is 30.7 Å². The van der Waals surface area contributed by atoms with Gasteiger partial charge in [-0.25, -0.2) is 36.5 Å². The Balaban J connectivity index is 1.92. The smallest absolute Gasteiger partial charge is 0.239 e. The highest BCUT2D eigenvalue weighted by Gasteiger charge is 2.41. The van der Waals surface area contributed by atoms with Crippen molar-refractivity contribution in [3.8, 4) is 17.7 Å². The molecule has 11 heteroatoms. The zero-order chi connectivity index (χ0) is 23.5. The molecule has 8 nitrogen and oxygen atoms in total. The second kappa shape index (κ2) is 8.92. The SMILES string of the molecule is CC#CCOc1cnc(C(F)=Cc2ccc(F)c(C3(C)CS(=O)(=O)N(C)C(N)=N3)c2)cn1. The van der Waals surface area contributed by atoms with Crippen LogP contribution in [0, 0.1) is 17.7 Å². The van der Waals surface area contributed by atoms with Crippen molar-refractivity contribution < 1.29 is 21.9 Å². The molecular formula is C21H21F2N5O3S. The Morgan fingerprint density at radius 2 is 2.12 bits per heavy atom. The molecule has 1 aromatic heterocycles. The molecule has 0 saturated carbocycles. The van der Waals surface area contributed by atoms with Gasteiger partial charge in [-0.2, -0.15) is 0 Å². The largest absolute Gasteiger partial charge is 0.463 e. The molecule has 0 bridgehead atoms. The Morgan fingerprint density at radius 3 is 2.75 bits per heavy atom. The minimum atomic E-state index is -3.79. The van der Waals surface area contributed by atoms with Crippen molar-refractivity contribution in [2.45, 2.75) is 19.4 Å². The quantitative estimate of drug-likeness (QED) is 0.684. The van der Waals surface area contributed by atoms with Crippen molar-refractivity contribution in [3.05, 3.63) is 53.2 Å². The summed E-state index contributed by atoms with van der Waals surface area (Å²) in [5.74, 6) is 3.42. The summed E-state index contributed by atoms with van der Waals surface area (Å²) in [5, 5.41) is 0. The zero-order valence-corrected chi connectivity index (χ0v) is 18.4. The summed E-state index contributed by atoms with van der Waals surface area (Å²) in [6, 6.07) is 3.81. The van der Waals surface area contributed by atoms with E-state index in [-0.39, 0.29) is 35.3 Å². The van der Waals surface area contributed by atoms with Crippen LogP contribution in [0.25, 0.3) is 11.9 Å². The molecule has 1 unspecified atom stereocenters. The van der Waals surface area contributed by atoms with Crippen LogP contribution < -0.4 is 10.5 Å². The Bertz CT molecular complexity index is 1250. The van der Waals surface area contributed by atoms with Crippen molar-refractivity contribution in [1.29, 1.82) is 0 Å². The van der Waals surface area contributed by atoms with Crippen molar-refractivity contribution in [2.24, 2.45) is 10.7 Å². The van der Waals surface area contributed by atoms with Gasteiger partial charge in [-0.3, -0.25) is 0 Å². The predicted molar refractivity (Wildman–Crippen MR) is 117 cm³/mol. The lowest BCUT2D eigenvalue weighted by molar-refractivity contribution is 0.353. The van der Waals surface area contributed by atoms with Gasteiger partial charge in [0, 0.05) is 12.6 Å². The highest BCUT2D eigenvalue weighted by molar-refractivity contribution is 7.89. The molecule has 3 rings (SSSR count). The lowest BCUT2D eigenvalue weighted by atomic mass is 9.92. The van der Waals surface area contributed by atoms with Crippen LogP contribution in [-0.4, -0.2) is 48.1 Å². The average Bonchev–Trinajstić information content (AvgIpc) is 2.73. The maximum absolute atomic E-state index is 14.7. The van der Waals surface area contributed by atoms with Gasteiger partial charge < -0.3 is 10.5 Å². The van der Waals surface area contributed by atoms with Gasteiger partial charge in [0.05, 0.1) is 18.1 Å². The van der Waals surface area contributed by atoms with Crippen LogP contribution in [-0.2, 0) is 15.6 Å². The Hall–Kier alpha value is -3.52. The van der Waals surface area contributed by atoms with Crippen LogP contribution in [0.3, 0.4) is 0 Å².